The summed E-state index contributed by atoms with van der Waals surface area (Å²) in [4.78, 5) is 40.3. The summed E-state index contributed by atoms with van der Waals surface area (Å²) in [5.41, 5.74) is 3.30. The summed E-state index contributed by atoms with van der Waals surface area (Å²) in [6.45, 7) is -0.257. The van der Waals surface area contributed by atoms with Crippen LogP contribution in [-0.4, -0.2) is 29.3 Å². The number of amides is 4. The minimum atomic E-state index is -1.05. The van der Waals surface area contributed by atoms with Crippen LogP contribution >= 0.6 is 0 Å². The Kier molecular flexibility index (Phi) is 5.00. The molecule has 2 atom stereocenters. The molecule has 2 unspecified atom stereocenters. The Morgan fingerprint density at radius 3 is 2.61 bits per heavy atom. The molecule has 160 valence electrons. The lowest BCUT2D eigenvalue weighted by Gasteiger charge is -2.28. The molecule has 4 amide bonds. The maximum Gasteiger partial charge on any atom is 0.325 e. The van der Waals surface area contributed by atoms with Gasteiger partial charge in [-0.15, -0.1) is 0 Å². The highest BCUT2D eigenvalue weighted by Crippen LogP contribution is 2.39. The van der Waals surface area contributed by atoms with Gasteiger partial charge in [0.15, 0.2) is 0 Å². The van der Waals surface area contributed by atoms with Crippen LogP contribution in [0.4, 0.5) is 4.79 Å². The monoisotopic (exact) mass is 417 g/mol. The number of aryl methyl sites for hydroxylation is 2. The molecule has 2 N–H and O–H groups in total. The molecule has 0 radical (unpaired) electrons. The van der Waals surface area contributed by atoms with Crippen molar-refractivity contribution in [3.8, 4) is 0 Å². The quantitative estimate of drug-likeness (QED) is 0.752. The van der Waals surface area contributed by atoms with Gasteiger partial charge in [-0.2, -0.15) is 0 Å². The second-order valence-corrected chi connectivity index (χ2v) is 8.80. The smallest absolute Gasteiger partial charge is 0.325 e. The fourth-order valence-electron chi connectivity index (χ4n) is 5.40. The summed E-state index contributed by atoms with van der Waals surface area (Å²) < 4.78 is 0. The number of carbonyl (C=O) groups excluding carboxylic acids is 3. The van der Waals surface area contributed by atoms with Crippen molar-refractivity contribution >= 4 is 17.8 Å². The molecule has 0 saturated carbocycles. The second kappa shape index (κ2) is 7.84. The van der Waals surface area contributed by atoms with Crippen LogP contribution in [-0.2, 0) is 28.0 Å². The molecule has 1 fully saturated rings. The molecule has 1 heterocycles. The van der Waals surface area contributed by atoms with E-state index in [1.54, 1.807) is 0 Å². The average molecular weight is 418 g/mol. The first-order chi connectivity index (χ1) is 15.1. The minimum Gasteiger partial charge on any atom is -0.348 e. The van der Waals surface area contributed by atoms with E-state index in [9.17, 15) is 14.4 Å². The average Bonchev–Trinajstić information content (AvgIpc) is 2.91. The van der Waals surface area contributed by atoms with Gasteiger partial charge in [0.1, 0.15) is 12.1 Å². The number of rotatable bonds is 3. The number of nitrogens with zero attached hydrogens (tertiary/aromatic N) is 1. The van der Waals surface area contributed by atoms with Crippen molar-refractivity contribution in [2.75, 3.05) is 6.54 Å². The van der Waals surface area contributed by atoms with Crippen molar-refractivity contribution in [2.45, 2.75) is 56.5 Å². The molecule has 1 saturated heterocycles. The normalized spacial score (nSPS) is 24.9. The largest absolute Gasteiger partial charge is 0.348 e. The zero-order valence-corrected chi connectivity index (χ0v) is 17.5. The molecule has 2 aromatic rings. The van der Waals surface area contributed by atoms with Gasteiger partial charge in [-0.05, 0) is 67.2 Å². The number of fused-ring (bicyclic) bond motifs is 3. The van der Waals surface area contributed by atoms with Gasteiger partial charge in [0.25, 0.3) is 5.91 Å². The van der Waals surface area contributed by atoms with Crippen LogP contribution < -0.4 is 10.6 Å². The van der Waals surface area contributed by atoms with Crippen molar-refractivity contribution in [3.05, 3.63) is 70.8 Å². The van der Waals surface area contributed by atoms with Crippen LogP contribution in [0.2, 0.25) is 0 Å². The standard InChI is InChI=1S/C25H27N3O3/c29-22(26-21-14-7-11-17-8-1-3-12-19(17)21)16-28-23(30)25(27-24(28)31)15-6-5-10-18-9-2-4-13-20(18)25/h1-4,8-9,12-13,21H,5-7,10-11,14-16H2,(H,26,29)(H,27,31). The number of hydrogen-bond acceptors (Lipinski definition) is 3. The van der Waals surface area contributed by atoms with Crippen molar-refractivity contribution in [1.82, 2.24) is 15.5 Å². The zero-order valence-electron chi connectivity index (χ0n) is 17.5. The fraction of sp³-hybridized carbons (Fsp3) is 0.400. The number of hydrogen-bond donors (Lipinski definition) is 2. The maximum absolute atomic E-state index is 13.5. The summed E-state index contributed by atoms with van der Waals surface area (Å²) in [6, 6.07) is 15.4. The summed E-state index contributed by atoms with van der Waals surface area (Å²) in [7, 11) is 0. The summed E-state index contributed by atoms with van der Waals surface area (Å²) in [5.74, 6) is -0.616. The summed E-state index contributed by atoms with van der Waals surface area (Å²) in [5, 5.41) is 6.00. The molecule has 5 rings (SSSR count). The van der Waals surface area contributed by atoms with Gasteiger partial charge < -0.3 is 10.6 Å². The Hall–Kier alpha value is -3.15. The third-order valence-corrected chi connectivity index (χ3v) is 6.91. The number of carbonyl (C=O) groups is 3. The van der Waals surface area contributed by atoms with Gasteiger partial charge in [0.05, 0.1) is 6.04 Å². The van der Waals surface area contributed by atoms with Crippen molar-refractivity contribution < 1.29 is 14.4 Å². The van der Waals surface area contributed by atoms with E-state index in [0.29, 0.717) is 6.42 Å². The molecule has 0 bridgehead atoms. The Morgan fingerprint density at radius 2 is 1.74 bits per heavy atom. The Balaban J connectivity index is 1.35. The van der Waals surface area contributed by atoms with Crippen LogP contribution in [0.1, 0.15) is 60.4 Å². The van der Waals surface area contributed by atoms with Gasteiger partial charge in [0.2, 0.25) is 5.91 Å². The summed E-state index contributed by atoms with van der Waals surface area (Å²) in [6.07, 6.45) is 6.15. The second-order valence-electron chi connectivity index (χ2n) is 8.80. The van der Waals surface area contributed by atoms with Crippen LogP contribution in [0.25, 0.3) is 0 Å². The van der Waals surface area contributed by atoms with E-state index in [0.717, 1.165) is 60.1 Å². The lowest BCUT2D eigenvalue weighted by molar-refractivity contribution is -0.135. The maximum atomic E-state index is 13.5. The molecule has 1 spiro atoms. The molecule has 31 heavy (non-hydrogen) atoms. The van der Waals surface area contributed by atoms with E-state index < -0.39 is 11.6 Å². The topological polar surface area (TPSA) is 78.5 Å². The molecule has 0 aromatic heterocycles. The van der Waals surface area contributed by atoms with Crippen LogP contribution in [0.3, 0.4) is 0 Å². The first-order valence-corrected chi connectivity index (χ1v) is 11.2. The number of urea groups is 1. The van der Waals surface area contributed by atoms with E-state index in [-0.39, 0.29) is 24.4 Å². The highest BCUT2D eigenvalue weighted by Gasteiger charge is 2.53. The highest BCUT2D eigenvalue weighted by atomic mass is 16.2. The van der Waals surface area contributed by atoms with E-state index in [4.69, 9.17) is 0 Å². The van der Waals surface area contributed by atoms with Gasteiger partial charge in [-0.3, -0.25) is 14.5 Å². The van der Waals surface area contributed by atoms with E-state index >= 15 is 0 Å². The van der Waals surface area contributed by atoms with Crippen molar-refractivity contribution in [2.24, 2.45) is 0 Å². The molecule has 3 aliphatic rings. The molecular weight excluding hydrogens is 390 g/mol. The predicted octanol–water partition coefficient (Wildman–Crippen LogP) is 3.35. The third-order valence-electron chi connectivity index (χ3n) is 6.91. The number of nitrogens with one attached hydrogen (secondary N) is 2. The van der Waals surface area contributed by atoms with Crippen LogP contribution in [0.15, 0.2) is 48.5 Å². The molecule has 6 heteroatoms. The van der Waals surface area contributed by atoms with E-state index in [2.05, 4.69) is 16.7 Å². The fourth-order valence-corrected chi connectivity index (χ4v) is 5.40. The summed E-state index contributed by atoms with van der Waals surface area (Å²) >= 11 is 0. The highest BCUT2D eigenvalue weighted by molar-refractivity contribution is 6.09. The van der Waals surface area contributed by atoms with E-state index in [1.165, 1.54) is 5.56 Å². The number of imide groups is 1. The lowest BCUT2D eigenvalue weighted by atomic mass is 9.84. The molecule has 2 aromatic carbocycles. The Morgan fingerprint density at radius 1 is 1.00 bits per heavy atom. The molecule has 1 aliphatic heterocycles. The van der Waals surface area contributed by atoms with Crippen LogP contribution in [0, 0.1) is 0 Å². The minimum absolute atomic E-state index is 0.0780. The van der Waals surface area contributed by atoms with Crippen LogP contribution in [0.5, 0.6) is 0 Å². The molecule has 2 aliphatic carbocycles. The lowest BCUT2D eigenvalue weighted by Crippen LogP contribution is -2.45. The first-order valence-electron chi connectivity index (χ1n) is 11.2. The Labute approximate surface area is 182 Å². The van der Waals surface area contributed by atoms with Gasteiger partial charge in [0, 0.05) is 0 Å². The van der Waals surface area contributed by atoms with Gasteiger partial charge in [-0.1, -0.05) is 48.5 Å². The number of benzene rings is 2. The Bertz CT molecular complexity index is 1050. The van der Waals surface area contributed by atoms with Crippen molar-refractivity contribution in [3.63, 3.8) is 0 Å². The first kappa shape index (κ1) is 19.8. The van der Waals surface area contributed by atoms with Crippen molar-refractivity contribution in [1.29, 1.82) is 0 Å². The van der Waals surface area contributed by atoms with Gasteiger partial charge in [-0.25, -0.2) is 4.79 Å². The predicted molar refractivity (Wildman–Crippen MR) is 116 cm³/mol. The molecule has 6 nitrogen and oxygen atoms in total. The van der Waals surface area contributed by atoms with E-state index in [1.807, 2.05) is 42.5 Å². The molecular formula is C25H27N3O3. The third kappa shape index (κ3) is 3.40. The van der Waals surface area contributed by atoms with Gasteiger partial charge >= 0.3 is 6.03 Å². The zero-order chi connectivity index (χ0) is 21.4. The SMILES string of the molecule is O=C(CN1C(=O)NC2(CCCCc3ccccc32)C1=O)NC1CCCc2ccccc21.